The molecule has 23 heavy (non-hydrogen) atoms. The highest BCUT2D eigenvalue weighted by molar-refractivity contribution is 5.92. The average molecular weight is 315 g/mol. The second kappa shape index (κ2) is 9.33. The fourth-order valence-corrected chi connectivity index (χ4v) is 2.83. The van der Waals surface area contributed by atoms with Gasteiger partial charge in [-0.1, -0.05) is 25.0 Å². The molecule has 0 saturated heterocycles. The summed E-state index contributed by atoms with van der Waals surface area (Å²) in [5.41, 5.74) is 3.04. The van der Waals surface area contributed by atoms with Crippen molar-refractivity contribution in [3.8, 4) is 0 Å². The van der Waals surface area contributed by atoms with Crippen LogP contribution in [0, 0.1) is 0 Å². The molecule has 1 heterocycles. The lowest BCUT2D eigenvalue weighted by Gasteiger charge is -2.18. The fraction of sp³-hybridized carbons (Fsp3) is 0.579. The van der Waals surface area contributed by atoms with Gasteiger partial charge in [-0.2, -0.15) is 0 Å². The van der Waals surface area contributed by atoms with Crippen molar-refractivity contribution in [2.24, 2.45) is 0 Å². The molecule has 0 spiro atoms. The molecule has 0 aromatic carbocycles. The van der Waals surface area contributed by atoms with Crippen molar-refractivity contribution >= 4 is 11.6 Å². The Morgan fingerprint density at radius 1 is 1.35 bits per heavy atom. The summed E-state index contributed by atoms with van der Waals surface area (Å²) in [7, 11) is 2.06. The minimum atomic E-state index is -0.0795. The molecular formula is C19H29N3O. The van der Waals surface area contributed by atoms with E-state index >= 15 is 0 Å². The number of hydrogen-bond acceptors (Lipinski definition) is 3. The first-order valence-corrected chi connectivity index (χ1v) is 8.84. The minimum absolute atomic E-state index is 0.0795. The third-order valence-electron chi connectivity index (χ3n) is 4.39. The second-order valence-corrected chi connectivity index (χ2v) is 6.29. The van der Waals surface area contributed by atoms with Crippen molar-refractivity contribution in [2.75, 3.05) is 25.0 Å². The molecule has 0 unspecified atom stereocenters. The number of pyridine rings is 1. The van der Waals surface area contributed by atoms with E-state index in [1.807, 2.05) is 12.1 Å². The van der Waals surface area contributed by atoms with Gasteiger partial charge < -0.3 is 10.2 Å². The zero-order valence-electron chi connectivity index (χ0n) is 14.5. The first-order chi connectivity index (χ1) is 11.2. The number of nitrogens with zero attached hydrogens (tertiary/aromatic N) is 2. The molecule has 4 nitrogen and oxygen atoms in total. The van der Waals surface area contributed by atoms with E-state index in [-0.39, 0.29) is 5.91 Å². The minimum Gasteiger partial charge on any atom is -0.373 e. The molecule has 0 saturated carbocycles. The summed E-state index contributed by atoms with van der Waals surface area (Å²) < 4.78 is 0. The highest BCUT2D eigenvalue weighted by atomic mass is 16.1. The van der Waals surface area contributed by atoms with Crippen molar-refractivity contribution in [2.45, 2.75) is 51.9 Å². The molecule has 0 radical (unpaired) electrons. The molecule has 1 amide bonds. The smallest absolute Gasteiger partial charge is 0.269 e. The molecule has 0 bridgehead atoms. The van der Waals surface area contributed by atoms with Crippen LogP contribution in [0.4, 0.5) is 5.69 Å². The second-order valence-electron chi connectivity index (χ2n) is 6.29. The number of anilines is 1. The molecule has 0 fully saturated rings. The maximum Gasteiger partial charge on any atom is 0.269 e. The van der Waals surface area contributed by atoms with E-state index < -0.39 is 0 Å². The Kier molecular flexibility index (Phi) is 7.11. The van der Waals surface area contributed by atoms with Crippen LogP contribution in [-0.2, 0) is 0 Å². The van der Waals surface area contributed by atoms with E-state index in [9.17, 15) is 4.79 Å². The van der Waals surface area contributed by atoms with E-state index in [1.54, 1.807) is 6.20 Å². The van der Waals surface area contributed by atoms with Gasteiger partial charge in [0.25, 0.3) is 5.91 Å². The van der Waals surface area contributed by atoms with E-state index in [2.05, 4.69) is 35.2 Å². The Morgan fingerprint density at radius 3 is 2.87 bits per heavy atom. The number of rotatable bonds is 8. The van der Waals surface area contributed by atoms with Gasteiger partial charge in [0.15, 0.2) is 0 Å². The molecule has 1 N–H and O–H groups in total. The normalized spacial score (nSPS) is 14.3. The molecule has 126 valence electrons. The van der Waals surface area contributed by atoms with Gasteiger partial charge in [-0.15, -0.1) is 0 Å². The van der Waals surface area contributed by atoms with Gasteiger partial charge in [-0.25, -0.2) is 4.98 Å². The van der Waals surface area contributed by atoms with Crippen LogP contribution in [0.3, 0.4) is 0 Å². The van der Waals surface area contributed by atoms with Crippen molar-refractivity contribution in [1.29, 1.82) is 0 Å². The topological polar surface area (TPSA) is 45.2 Å². The van der Waals surface area contributed by atoms with Gasteiger partial charge in [0.2, 0.25) is 0 Å². The molecule has 1 aliphatic rings. The Bertz CT molecular complexity index is 522. The van der Waals surface area contributed by atoms with E-state index in [4.69, 9.17) is 0 Å². The van der Waals surface area contributed by atoms with Gasteiger partial charge in [-0.3, -0.25) is 4.79 Å². The van der Waals surface area contributed by atoms with Crippen LogP contribution < -0.4 is 10.2 Å². The number of aromatic nitrogens is 1. The summed E-state index contributed by atoms with van der Waals surface area (Å²) in [5.74, 6) is -0.0795. The monoisotopic (exact) mass is 315 g/mol. The van der Waals surface area contributed by atoms with E-state index in [0.29, 0.717) is 12.2 Å². The summed E-state index contributed by atoms with van der Waals surface area (Å²) in [5, 5.41) is 2.97. The van der Waals surface area contributed by atoms with Crippen LogP contribution in [0.25, 0.3) is 0 Å². The van der Waals surface area contributed by atoms with Crippen LogP contribution in [-0.4, -0.2) is 31.0 Å². The predicted molar refractivity (Wildman–Crippen MR) is 95.9 cm³/mol. The van der Waals surface area contributed by atoms with Crippen molar-refractivity contribution < 1.29 is 4.79 Å². The molecule has 1 aromatic heterocycles. The van der Waals surface area contributed by atoms with Crippen LogP contribution in [0.1, 0.15) is 62.4 Å². The number of hydrogen-bond donors (Lipinski definition) is 1. The van der Waals surface area contributed by atoms with Crippen LogP contribution in [0.5, 0.6) is 0 Å². The Balaban J connectivity index is 1.79. The number of allylic oxidation sites excluding steroid dienone is 1. The molecule has 0 aliphatic heterocycles. The third kappa shape index (κ3) is 5.70. The molecule has 1 aromatic rings. The maximum atomic E-state index is 12.1. The Morgan fingerprint density at radius 2 is 2.22 bits per heavy atom. The lowest BCUT2D eigenvalue weighted by Crippen LogP contribution is -2.26. The zero-order valence-corrected chi connectivity index (χ0v) is 14.5. The van der Waals surface area contributed by atoms with Crippen molar-refractivity contribution in [3.63, 3.8) is 0 Å². The van der Waals surface area contributed by atoms with Crippen LogP contribution >= 0.6 is 0 Å². The standard InChI is InChI=1S/C19H29N3O/c1-3-4-14-22(2)17-10-11-18(21-15-17)19(23)20-13-12-16-8-6-5-7-9-16/h8,10-11,15H,3-7,9,12-14H2,1-2H3,(H,20,23). The number of amides is 1. The molecular weight excluding hydrogens is 286 g/mol. The lowest BCUT2D eigenvalue weighted by molar-refractivity contribution is 0.0949. The summed E-state index contributed by atoms with van der Waals surface area (Å²) >= 11 is 0. The number of nitrogens with one attached hydrogen (secondary N) is 1. The number of carbonyl (C=O) groups is 1. The van der Waals surface area contributed by atoms with Gasteiger partial charge in [0, 0.05) is 20.1 Å². The van der Waals surface area contributed by atoms with Gasteiger partial charge >= 0.3 is 0 Å². The molecule has 4 heteroatoms. The highest BCUT2D eigenvalue weighted by Crippen LogP contribution is 2.19. The van der Waals surface area contributed by atoms with Gasteiger partial charge in [-0.05, 0) is 50.7 Å². The first-order valence-electron chi connectivity index (χ1n) is 8.84. The fourth-order valence-electron chi connectivity index (χ4n) is 2.83. The van der Waals surface area contributed by atoms with Crippen molar-refractivity contribution in [1.82, 2.24) is 10.3 Å². The SMILES string of the molecule is CCCCN(C)c1ccc(C(=O)NCCC2=CCCCC2)nc1. The number of carbonyl (C=O) groups excluding carboxylic acids is 1. The average Bonchev–Trinajstić information content (AvgIpc) is 2.60. The van der Waals surface area contributed by atoms with Gasteiger partial charge in [0.05, 0.1) is 11.9 Å². The Labute approximate surface area is 140 Å². The molecule has 1 aliphatic carbocycles. The summed E-state index contributed by atoms with van der Waals surface area (Å²) in [4.78, 5) is 18.6. The Hall–Kier alpha value is -1.84. The first kappa shape index (κ1) is 17.5. The summed E-state index contributed by atoms with van der Waals surface area (Å²) in [6.45, 7) is 3.90. The van der Waals surface area contributed by atoms with Crippen LogP contribution in [0.2, 0.25) is 0 Å². The third-order valence-corrected chi connectivity index (χ3v) is 4.39. The lowest BCUT2D eigenvalue weighted by atomic mass is 9.97. The number of unbranched alkanes of at least 4 members (excludes halogenated alkanes) is 1. The summed E-state index contributed by atoms with van der Waals surface area (Å²) in [6, 6.07) is 3.79. The molecule has 0 atom stereocenters. The summed E-state index contributed by atoms with van der Waals surface area (Å²) in [6.07, 6.45) is 12.4. The van der Waals surface area contributed by atoms with Crippen LogP contribution in [0.15, 0.2) is 30.0 Å². The van der Waals surface area contributed by atoms with Gasteiger partial charge in [0.1, 0.15) is 5.69 Å². The molecule has 2 rings (SSSR count). The van der Waals surface area contributed by atoms with E-state index in [0.717, 1.165) is 25.1 Å². The quantitative estimate of drug-likeness (QED) is 0.739. The highest BCUT2D eigenvalue weighted by Gasteiger charge is 2.09. The zero-order chi connectivity index (χ0) is 16.5. The van der Waals surface area contributed by atoms with Crippen molar-refractivity contribution in [3.05, 3.63) is 35.7 Å². The van der Waals surface area contributed by atoms with E-state index in [1.165, 1.54) is 37.7 Å². The maximum absolute atomic E-state index is 12.1. The predicted octanol–water partition coefficient (Wildman–Crippen LogP) is 3.94. The largest absolute Gasteiger partial charge is 0.373 e.